The first-order valence-corrected chi connectivity index (χ1v) is 9.18. The lowest BCUT2D eigenvalue weighted by atomic mass is 10.1. The van der Waals surface area contributed by atoms with Crippen LogP contribution >= 0.6 is 11.6 Å². The standard InChI is InChI=1S/C21H22ClN3O2/c1-14-11-17(22)7-8-19(14)24-21(27)13-25(15(2)26)10-9-16-12-23-20-6-4-3-5-18(16)20/h3-8,11-12,23H,9-10,13H2,1-2H3,(H,24,27). The number of hydrogen-bond donors (Lipinski definition) is 2. The van der Waals surface area contributed by atoms with Crippen LogP contribution < -0.4 is 5.32 Å². The molecule has 1 heterocycles. The number of aromatic amines is 1. The second kappa shape index (κ2) is 8.27. The van der Waals surface area contributed by atoms with E-state index in [-0.39, 0.29) is 18.4 Å². The van der Waals surface area contributed by atoms with E-state index in [4.69, 9.17) is 11.6 Å². The molecule has 0 atom stereocenters. The molecule has 2 aromatic carbocycles. The first-order valence-electron chi connectivity index (χ1n) is 8.80. The van der Waals surface area contributed by atoms with E-state index < -0.39 is 0 Å². The minimum atomic E-state index is -0.227. The highest BCUT2D eigenvalue weighted by Crippen LogP contribution is 2.20. The van der Waals surface area contributed by atoms with E-state index in [0.717, 1.165) is 22.0 Å². The fourth-order valence-corrected chi connectivity index (χ4v) is 3.30. The maximum Gasteiger partial charge on any atom is 0.244 e. The van der Waals surface area contributed by atoms with Gasteiger partial charge in [0, 0.05) is 41.3 Å². The number of fused-ring (bicyclic) bond motifs is 1. The summed E-state index contributed by atoms with van der Waals surface area (Å²) in [6.07, 6.45) is 2.64. The van der Waals surface area contributed by atoms with Crippen molar-refractivity contribution in [2.24, 2.45) is 0 Å². The lowest BCUT2D eigenvalue weighted by molar-refractivity contribution is -0.132. The van der Waals surface area contributed by atoms with Gasteiger partial charge in [0.25, 0.3) is 0 Å². The van der Waals surface area contributed by atoms with E-state index in [1.165, 1.54) is 6.92 Å². The number of nitrogens with zero attached hydrogens (tertiary/aromatic N) is 1. The molecule has 1 aromatic heterocycles. The van der Waals surface area contributed by atoms with Crippen molar-refractivity contribution < 1.29 is 9.59 Å². The molecule has 0 saturated carbocycles. The van der Waals surface area contributed by atoms with Crippen LogP contribution in [-0.2, 0) is 16.0 Å². The Balaban J connectivity index is 1.63. The number of carbonyl (C=O) groups is 2. The van der Waals surface area contributed by atoms with E-state index in [9.17, 15) is 9.59 Å². The molecule has 0 aliphatic rings. The minimum absolute atomic E-state index is 0.0136. The van der Waals surface area contributed by atoms with E-state index >= 15 is 0 Å². The van der Waals surface area contributed by atoms with Gasteiger partial charge >= 0.3 is 0 Å². The summed E-state index contributed by atoms with van der Waals surface area (Å²) in [5.41, 5.74) is 3.78. The Hall–Kier alpha value is -2.79. The predicted octanol–water partition coefficient (Wildman–Crippen LogP) is 4.16. The molecule has 2 amide bonds. The van der Waals surface area contributed by atoms with Gasteiger partial charge < -0.3 is 15.2 Å². The van der Waals surface area contributed by atoms with Crippen LogP contribution in [0.1, 0.15) is 18.1 Å². The van der Waals surface area contributed by atoms with E-state index in [2.05, 4.69) is 16.4 Å². The highest BCUT2D eigenvalue weighted by Gasteiger charge is 2.15. The van der Waals surface area contributed by atoms with Gasteiger partial charge in [0.15, 0.2) is 0 Å². The molecule has 0 unspecified atom stereocenters. The summed E-state index contributed by atoms with van der Waals surface area (Å²) in [5, 5.41) is 4.61. The van der Waals surface area contributed by atoms with Crippen LogP contribution in [0, 0.1) is 6.92 Å². The molecule has 0 spiro atoms. The monoisotopic (exact) mass is 383 g/mol. The van der Waals surface area contributed by atoms with Crippen molar-refractivity contribution in [3.63, 3.8) is 0 Å². The third-order valence-electron chi connectivity index (χ3n) is 4.57. The quantitative estimate of drug-likeness (QED) is 0.671. The zero-order valence-electron chi connectivity index (χ0n) is 15.4. The molecule has 0 radical (unpaired) electrons. The molecule has 0 aliphatic heterocycles. The molecule has 2 N–H and O–H groups in total. The van der Waals surface area contributed by atoms with Crippen LogP contribution in [-0.4, -0.2) is 34.8 Å². The van der Waals surface area contributed by atoms with Crippen molar-refractivity contribution in [2.45, 2.75) is 20.3 Å². The normalized spacial score (nSPS) is 10.8. The summed E-state index contributed by atoms with van der Waals surface area (Å²) in [4.78, 5) is 29.2. The Kier molecular flexibility index (Phi) is 5.81. The number of anilines is 1. The molecule has 0 saturated heterocycles. The average molecular weight is 384 g/mol. The molecule has 3 rings (SSSR count). The van der Waals surface area contributed by atoms with Crippen molar-refractivity contribution in [3.05, 3.63) is 64.8 Å². The van der Waals surface area contributed by atoms with Gasteiger partial charge in [-0.25, -0.2) is 0 Å². The molecule has 0 fully saturated rings. The largest absolute Gasteiger partial charge is 0.361 e. The zero-order valence-corrected chi connectivity index (χ0v) is 16.1. The number of aromatic nitrogens is 1. The Morgan fingerprint density at radius 1 is 1.19 bits per heavy atom. The number of benzene rings is 2. The third-order valence-corrected chi connectivity index (χ3v) is 4.80. The maximum atomic E-state index is 12.4. The highest BCUT2D eigenvalue weighted by molar-refractivity contribution is 6.30. The van der Waals surface area contributed by atoms with Crippen molar-refractivity contribution >= 4 is 40.0 Å². The maximum absolute atomic E-state index is 12.4. The SMILES string of the molecule is CC(=O)N(CCc1c[nH]c2ccccc12)CC(=O)Nc1ccc(Cl)cc1C. The molecular formula is C21H22ClN3O2. The molecule has 6 heteroatoms. The van der Waals surface area contributed by atoms with Gasteiger partial charge in [-0.2, -0.15) is 0 Å². The number of H-pyrrole nitrogens is 1. The second-order valence-corrected chi connectivity index (χ2v) is 6.99. The summed E-state index contributed by atoms with van der Waals surface area (Å²) in [5.74, 6) is -0.354. The van der Waals surface area contributed by atoms with Crippen LogP contribution in [0.2, 0.25) is 5.02 Å². The lowest BCUT2D eigenvalue weighted by Crippen LogP contribution is -2.38. The molecule has 0 aliphatic carbocycles. The zero-order chi connectivity index (χ0) is 19.4. The Labute approximate surface area is 163 Å². The van der Waals surface area contributed by atoms with Gasteiger partial charge in [-0.3, -0.25) is 9.59 Å². The van der Waals surface area contributed by atoms with Crippen LogP contribution in [0.4, 0.5) is 5.69 Å². The van der Waals surface area contributed by atoms with Crippen molar-refractivity contribution in [1.29, 1.82) is 0 Å². The number of carbonyl (C=O) groups excluding carboxylic acids is 2. The lowest BCUT2D eigenvalue weighted by Gasteiger charge is -2.20. The summed E-state index contributed by atoms with van der Waals surface area (Å²) < 4.78 is 0. The van der Waals surface area contributed by atoms with Crippen LogP contribution in [0.25, 0.3) is 10.9 Å². The van der Waals surface area contributed by atoms with E-state index in [1.54, 1.807) is 23.1 Å². The number of nitrogens with one attached hydrogen (secondary N) is 2. The van der Waals surface area contributed by atoms with Crippen LogP contribution in [0.15, 0.2) is 48.7 Å². The Bertz CT molecular complexity index is 980. The van der Waals surface area contributed by atoms with Crippen molar-refractivity contribution in [2.75, 3.05) is 18.4 Å². The topological polar surface area (TPSA) is 65.2 Å². The number of para-hydroxylation sites is 1. The van der Waals surface area contributed by atoms with Gasteiger partial charge in [0.1, 0.15) is 0 Å². The number of halogens is 1. The first kappa shape index (κ1) is 19.0. The molecular weight excluding hydrogens is 362 g/mol. The van der Waals surface area contributed by atoms with E-state index in [0.29, 0.717) is 23.7 Å². The number of hydrogen-bond acceptors (Lipinski definition) is 2. The second-order valence-electron chi connectivity index (χ2n) is 6.56. The smallest absolute Gasteiger partial charge is 0.244 e. The predicted molar refractivity (Wildman–Crippen MR) is 109 cm³/mol. The summed E-state index contributed by atoms with van der Waals surface area (Å²) in [6.45, 7) is 3.85. The Morgan fingerprint density at radius 3 is 2.70 bits per heavy atom. The van der Waals surface area contributed by atoms with Gasteiger partial charge in [-0.05, 0) is 48.7 Å². The van der Waals surface area contributed by atoms with E-state index in [1.807, 2.05) is 31.3 Å². The summed E-state index contributed by atoms with van der Waals surface area (Å²) in [7, 11) is 0. The fourth-order valence-electron chi connectivity index (χ4n) is 3.07. The van der Waals surface area contributed by atoms with Gasteiger partial charge in [-0.1, -0.05) is 29.8 Å². The van der Waals surface area contributed by atoms with Crippen molar-refractivity contribution in [3.8, 4) is 0 Å². The van der Waals surface area contributed by atoms with Crippen LogP contribution in [0.5, 0.6) is 0 Å². The first-order chi connectivity index (χ1) is 12.9. The summed E-state index contributed by atoms with van der Waals surface area (Å²) >= 11 is 5.94. The number of aryl methyl sites for hydroxylation is 1. The van der Waals surface area contributed by atoms with Gasteiger partial charge in [0.2, 0.25) is 11.8 Å². The number of rotatable bonds is 6. The minimum Gasteiger partial charge on any atom is -0.361 e. The molecule has 5 nitrogen and oxygen atoms in total. The average Bonchev–Trinajstić information content (AvgIpc) is 3.04. The molecule has 140 valence electrons. The molecule has 3 aromatic rings. The van der Waals surface area contributed by atoms with Gasteiger partial charge in [-0.15, -0.1) is 0 Å². The fraction of sp³-hybridized carbons (Fsp3) is 0.238. The summed E-state index contributed by atoms with van der Waals surface area (Å²) in [6, 6.07) is 13.3. The molecule has 0 bridgehead atoms. The third kappa shape index (κ3) is 4.68. The number of amides is 2. The van der Waals surface area contributed by atoms with Crippen molar-refractivity contribution in [1.82, 2.24) is 9.88 Å². The Morgan fingerprint density at radius 2 is 1.96 bits per heavy atom. The van der Waals surface area contributed by atoms with Gasteiger partial charge in [0.05, 0.1) is 6.54 Å². The highest BCUT2D eigenvalue weighted by atomic mass is 35.5. The molecule has 27 heavy (non-hydrogen) atoms. The van der Waals surface area contributed by atoms with Crippen LogP contribution in [0.3, 0.4) is 0 Å².